The number of benzene rings is 2. The molecule has 2 aromatic carbocycles. The number of amides is 1. The van der Waals surface area contributed by atoms with Crippen LogP contribution in [0.3, 0.4) is 0 Å². The van der Waals surface area contributed by atoms with Gasteiger partial charge in [0, 0.05) is 11.9 Å². The van der Waals surface area contributed by atoms with E-state index < -0.39 is 6.61 Å². The predicted octanol–water partition coefficient (Wildman–Crippen LogP) is 3.60. The van der Waals surface area contributed by atoms with E-state index >= 15 is 0 Å². The fraction of sp³-hybridized carbons (Fsp3) is 0.200. The number of para-hydroxylation sites is 1. The fourth-order valence-corrected chi connectivity index (χ4v) is 3.67. The number of nitrogens with one attached hydrogen (secondary N) is 1. The Bertz CT molecular complexity index is 1200. The number of thioether (sulfide) groups is 1. The van der Waals surface area contributed by atoms with Gasteiger partial charge in [-0.3, -0.25) is 4.79 Å². The lowest BCUT2D eigenvalue weighted by molar-refractivity contribution is -0.118. The number of hydrogen-bond acceptors (Lipinski definition) is 6. The van der Waals surface area contributed by atoms with Crippen molar-refractivity contribution in [2.24, 2.45) is 0 Å². The number of halogens is 2. The number of aryl methyl sites for hydroxylation is 1. The highest BCUT2D eigenvalue weighted by Gasteiger charge is 2.13. The standard InChI is InChI=1S/C20H17F2N5O2S/c1-12-24-18-15-4-2-3-5-16(15)25-20(27(18)26-12)30-11-17(28)23-10-13-6-8-14(9-7-13)29-19(21)22/h2-9,19H,10-11H2,1H3,(H,23,28). The van der Waals surface area contributed by atoms with Crippen LogP contribution in [0.25, 0.3) is 16.6 Å². The highest BCUT2D eigenvalue weighted by Crippen LogP contribution is 2.23. The van der Waals surface area contributed by atoms with Gasteiger partial charge in [-0.05, 0) is 36.8 Å². The Hall–Kier alpha value is -3.27. The second kappa shape index (κ2) is 8.62. The number of rotatable bonds is 7. The van der Waals surface area contributed by atoms with Crippen molar-refractivity contribution in [3.05, 3.63) is 59.9 Å². The van der Waals surface area contributed by atoms with Gasteiger partial charge in [0.05, 0.1) is 11.3 Å². The van der Waals surface area contributed by atoms with E-state index in [1.165, 1.54) is 23.9 Å². The number of fused-ring (bicyclic) bond motifs is 3. The van der Waals surface area contributed by atoms with Crippen LogP contribution in [0.5, 0.6) is 5.75 Å². The topological polar surface area (TPSA) is 81.4 Å². The van der Waals surface area contributed by atoms with Crippen LogP contribution < -0.4 is 10.1 Å². The molecule has 2 aromatic heterocycles. The van der Waals surface area contributed by atoms with Crippen molar-refractivity contribution in [3.8, 4) is 5.75 Å². The van der Waals surface area contributed by atoms with Gasteiger partial charge in [0.15, 0.2) is 10.8 Å². The molecule has 0 saturated carbocycles. The molecular formula is C20H17F2N5O2S. The van der Waals surface area contributed by atoms with Crippen molar-refractivity contribution in [1.29, 1.82) is 0 Å². The highest BCUT2D eigenvalue weighted by atomic mass is 32.2. The van der Waals surface area contributed by atoms with Gasteiger partial charge in [0.1, 0.15) is 11.6 Å². The molecule has 0 radical (unpaired) electrons. The van der Waals surface area contributed by atoms with Crippen LogP contribution in [0, 0.1) is 6.92 Å². The summed E-state index contributed by atoms with van der Waals surface area (Å²) in [5.41, 5.74) is 2.26. The summed E-state index contributed by atoms with van der Waals surface area (Å²) in [7, 11) is 0. The van der Waals surface area contributed by atoms with Gasteiger partial charge < -0.3 is 10.1 Å². The number of hydrogen-bond donors (Lipinski definition) is 1. The molecule has 2 heterocycles. The molecule has 0 aliphatic rings. The summed E-state index contributed by atoms with van der Waals surface area (Å²) >= 11 is 1.26. The maximum Gasteiger partial charge on any atom is 0.387 e. The van der Waals surface area contributed by atoms with E-state index in [-0.39, 0.29) is 24.0 Å². The molecule has 10 heteroatoms. The lowest BCUT2D eigenvalue weighted by Gasteiger charge is -2.08. The summed E-state index contributed by atoms with van der Waals surface area (Å²) in [4.78, 5) is 21.4. The van der Waals surface area contributed by atoms with Crippen LogP contribution in [0.15, 0.2) is 53.7 Å². The molecule has 4 rings (SSSR count). The van der Waals surface area contributed by atoms with Gasteiger partial charge in [0.2, 0.25) is 5.91 Å². The number of alkyl halides is 2. The minimum atomic E-state index is -2.86. The van der Waals surface area contributed by atoms with Crippen molar-refractivity contribution in [3.63, 3.8) is 0 Å². The quantitative estimate of drug-likeness (QED) is 0.357. The second-order valence-corrected chi connectivity index (χ2v) is 7.34. The molecule has 0 aliphatic carbocycles. The van der Waals surface area contributed by atoms with E-state index in [0.717, 1.165) is 16.5 Å². The minimum absolute atomic E-state index is 0.0742. The van der Waals surface area contributed by atoms with Gasteiger partial charge in [-0.2, -0.15) is 13.3 Å². The highest BCUT2D eigenvalue weighted by molar-refractivity contribution is 7.99. The van der Waals surface area contributed by atoms with E-state index in [4.69, 9.17) is 0 Å². The lowest BCUT2D eigenvalue weighted by atomic mass is 10.2. The average molecular weight is 429 g/mol. The Labute approximate surface area is 174 Å². The molecule has 0 aliphatic heterocycles. The van der Waals surface area contributed by atoms with Gasteiger partial charge in [0.25, 0.3) is 0 Å². The Morgan fingerprint density at radius 3 is 2.70 bits per heavy atom. The monoisotopic (exact) mass is 429 g/mol. The molecular weight excluding hydrogens is 412 g/mol. The Kier molecular flexibility index (Phi) is 5.75. The first-order valence-corrected chi connectivity index (χ1v) is 10.0. The smallest absolute Gasteiger partial charge is 0.387 e. The third kappa shape index (κ3) is 4.48. The molecule has 30 heavy (non-hydrogen) atoms. The molecule has 7 nitrogen and oxygen atoms in total. The molecule has 0 unspecified atom stereocenters. The van der Waals surface area contributed by atoms with Crippen LogP contribution in [0.4, 0.5) is 8.78 Å². The van der Waals surface area contributed by atoms with Gasteiger partial charge in [-0.1, -0.05) is 36.0 Å². The minimum Gasteiger partial charge on any atom is -0.435 e. The zero-order valence-corrected chi connectivity index (χ0v) is 16.7. The number of aromatic nitrogens is 4. The van der Waals surface area contributed by atoms with Gasteiger partial charge >= 0.3 is 6.61 Å². The van der Waals surface area contributed by atoms with Crippen LogP contribution >= 0.6 is 11.8 Å². The summed E-state index contributed by atoms with van der Waals surface area (Å²) < 4.78 is 30.3. The van der Waals surface area contributed by atoms with Crippen LogP contribution in [-0.2, 0) is 11.3 Å². The van der Waals surface area contributed by atoms with Crippen molar-refractivity contribution in [2.75, 3.05) is 5.75 Å². The first-order chi connectivity index (χ1) is 14.5. The van der Waals surface area contributed by atoms with Gasteiger partial charge in [-0.15, -0.1) is 5.10 Å². The molecule has 154 valence electrons. The number of carbonyl (C=O) groups excluding carboxylic acids is 1. The van der Waals surface area contributed by atoms with Crippen LogP contribution in [0.2, 0.25) is 0 Å². The summed E-state index contributed by atoms with van der Waals surface area (Å²) in [6.45, 7) is -0.783. The van der Waals surface area contributed by atoms with Gasteiger partial charge in [-0.25, -0.2) is 9.97 Å². The molecule has 0 saturated heterocycles. The van der Waals surface area contributed by atoms with E-state index in [0.29, 0.717) is 16.6 Å². The van der Waals surface area contributed by atoms with E-state index in [2.05, 4.69) is 25.1 Å². The molecule has 1 amide bonds. The predicted molar refractivity (Wildman–Crippen MR) is 109 cm³/mol. The second-order valence-electron chi connectivity index (χ2n) is 6.39. The zero-order chi connectivity index (χ0) is 21.1. The average Bonchev–Trinajstić information content (AvgIpc) is 3.13. The lowest BCUT2D eigenvalue weighted by Crippen LogP contribution is -2.24. The molecule has 0 spiro atoms. The van der Waals surface area contributed by atoms with E-state index in [1.54, 1.807) is 23.6 Å². The number of nitrogens with zero attached hydrogens (tertiary/aromatic N) is 4. The largest absolute Gasteiger partial charge is 0.435 e. The van der Waals surface area contributed by atoms with Crippen LogP contribution in [0.1, 0.15) is 11.4 Å². The maximum atomic E-state index is 12.3. The third-order valence-electron chi connectivity index (χ3n) is 4.23. The summed E-state index contributed by atoms with van der Waals surface area (Å²) in [6, 6.07) is 13.8. The normalized spacial score (nSPS) is 11.3. The summed E-state index contributed by atoms with van der Waals surface area (Å²) in [5.74, 6) is 0.656. The Balaban J connectivity index is 1.40. The summed E-state index contributed by atoms with van der Waals surface area (Å²) in [5, 5.41) is 8.66. The number of carbonyl (C=O) groups is 1. The Morgan fingerprint density at radius 2 is 1.93 bits per heavy atom. The van der Waals surface area contributed by atoms with Crippen LogP contribution in [-0.4, -0.2) is 37.9 Å². The molecule has 1 N–H and O–H groups in total. The molecule has 4 aromatic rings. The first kappa shape index (κ1) is 20.0. The first-order valence-electron chi connectivity index (χ1n) is 9.05. The van der Waals surface area contributed by atoms with Crippen molar-refractivity contribution >= 4 is 34.2 Å². The summed E-state index contributed by atoms with van der Waals surface area (Å²) in [6.07, 6.45) is 0. The third-order valence-corrected chi connectivity index (χ3v) is 5.15. The van der Waals surface area contributed by atoms with Crippen molar-refractivity contribution in [2.45, 2.75) is 25.2 Å². The van der Waals surface area contributed by atoms with E-state index in [1.807, 2.05) is 24.3 Å². The fourth-order valence-electron chi connectivity index (χ4n) is 2.90. The Morgan fingerprint density at radius 1 is 1.17 bits per heavy atom. The molecule has 0 atom stereocenters. The van der Waals surface area contributed by atoms with Crippen molar-refractivity contribution in [1.82, 2.24) is 24.9 Å². The van der Waals surface area contributed by atoms with Crippen molar-refractivity contribution < 1.29 is 18.3 Å². The number of ether oxygens (including phenoxy) is 1. The van der Waals surface area contributed by atoms with E-state index in [9.17, 15) is 13.6 Å². The zero-order valence-electron chi connectivity index (χ0n) is 15.9. The maximum absolute atomic E-state index is 12.3. The SMILES string of the molecule is Cc1nc2c3ccccc3nc(SCC(=O)NCc3ccc(OC(F)F)cc3)n2n1. The molecule has 0 fully saturated rings. The molecule has 0 bridgehead atoms.